The van der Waals surface area contributed by atoms with E-state index in [1.807, 2.05) is 31.1 Å². The third-order valence-corrected chi connectivity index (χ3v) is 2.89. The van der Waals surface area contributed by atoms with Gasteiger partial charge < -0.3 is 15.0 Å². The van der Waals surface area contributed by atoms with E-state index in [-0.39, 0.29) is 11.9 Å². The lowest BCUT2D eigenvalue weighted by atomic mass is 10.1. The molecule has 1 aromatic carbocycles. The highest BCUT2D eigenvalue weighted by atomic mass is 16.5. The van der Waals surface area contributed by atoms with E-state index in [1.54, 1.807) is 12.1 Å². The number of ether oxygens (including phenoxy) is 1. The van der Waals surface area contributed by atoms with Crippen LogP contribution in [0.4, 0.5) is 5.69 Å². The van der Waals surface area contributed by atoms with Crippen molar-refractivity contribution in [3.8, 4) is 0 Å². The Kier molecular flexibility index (Phi) is 3.50. The van der Waals surface area contributed by atoms with Crippen LogP contribution < -0.4 is 10.2 Å². The van der Waals surface area contributed by atoms with Gasteiger partial charge in [0.1, 0.15) is 6.04 Å². The summed E-state index contributed by atoms with van der Waals surface area (Å²) in [7, 11) is 3.87. The number of hydrogen-bond donors (Lipinski definition) is 1. The fourth-order valence-electron chi connectivity index (χ4n) is 1.78. The summed E-state index contributed by atoms with van der Waals surface area (Å²) in [5.41, 5.74) is 1.56. The maximum Gasteiger partial charge on any atom is 0.328 e. The predicted molar refractivity (Wildman–Crippen MR) is 67.6 cm³/mol. The number of cyclic esters (lactones) is 1. The van der Waals surface area contributed by atoms with Crippen molar-refractivity contribution in [3.05, 3.63) is 29.8 Å². The molecule has 96 valence electrons. The van der Waals surface area contributed by atoms with E-state index in [0.29, 0.717) is 18.6 Å². The van der Waals surface area contributed by atoms with Gasteiger partial charge in [0, 0.05) is 31.8 Å². The number of rotatable bonds is 3. The number of carbonyl (C=O) groups is 2. The first-order chi connectivity index (χ1) is 8.58. The summed E-state index contributed by atoms with van der Waals surface area (Å²) in [6.45, 7) is 0.378. The second-order valence-corrected chi connectivity index (χ2v) is 4.42. The van der Waals surface area contributed by atoms with E-state index >= 15 is 0 Å². The molecule has 0 saturated carbocycles. The Hall–Kier alpha value is -2.04. The van der Waals surface area contributed by atoms with Crippen molar-refractivity contribution >= 4 is 17.6 Å². The molecule has 1 aliphatic rings. The Balaban J connectivity index is 2.02. The van der Waals surface area contributed by atoms with Gasteiger partial charge in [-0.15, -0.1) is 0 Å². The normalized spacial score (nSPS) is 18.3. The maximum atomic E-state index is 11.9. The lowest BCUT2D eigenvalue weighted by Gasteiger charge is -2.13. The Morgan fingerprint density at radius 1 is 1.33 bits per heavy atom. The second-order valence-electron chi connectivity index (χ2n) is 4.42. The number of hydrogen-bond acceptors (Lipinski definition) is 4. The van der Waals surface area contributed by atoms with Gasteiger partial charge in [-0.3, -0.25) is 4.79 Å². The number of carbonyl (C=O) groups excluding carboxylic acids is 2. The molecule has 1 N–H and O–H groups in total. The monoisotopic (exact) mass is 248 g/mol. The van der Waals surface area contributed by atoms with E-state index in [9.17, 15) is 9.59 Å². The van der Waals surface area contributed by atoms with Crippen LogP contribution in [0.2, 0.25) is 0 Å². The summed E-state index contributed by atoms with van der Waals surface area (Å²) in [5, 5.41) is 2.67. The maximum absolute atomic E-state index is 11.9. The zero-order valence-corrected chi connectivity index (χ0v) is 10.5. The van der Waals surface area contributed by atoms with Gasteiger partial charge in [0.25, 0.3) is 5.91 Å². The molecule has 0 aliphatic carbocycles. The third-order valence-electron chi connectivity index (χ3n) is 2.89. The first-order valence-electron chi connectivity index (χ1n) is 5.83. The summed E-state index contributed by atoms with van der Waals surface area (Å²) in [6.07, 6.45) is 0.542. The Morgan fingerprint density at radius 3 is 2.50 bits per heavy atom. The quantitative estimate of drug-likeness (QED) is 0.804. The molecule has 1 atom stereocenters. The molecule has 0 aromatic heterocycles. The molecule has 1 aromatic rings. The van der Waals surface area contributed by atoms with Crippen molar-refractivity contribution < 1.29 is 14.3 Å². The topological polar surface area (TPSA) is 58.6 Å². The van der Waals surface area contributed by atoms with Crippen LogP contribution >= 0.6 is 0 Å². The van der Waals surface area contributed by atoms with Crippen LogP contribution in [0.3, 0.4) is 0 Å². The average molecular weight is 248 g/mol. The van der Waals surface area contributed by atoms with Crippen molar-refractivity contribution in [2.75, 3.05) is 25.6 Å². The minimum absolute atomic E-state index is 0.246. The van der Waals surface area contributed by atoms with Crippen LogP contribution in [0, 0.1) is 0 Å². The van der Waals surface area contributed by atoms with Gasteiger partial charge in [0.05, 0.1) is 6.61 Å². The Morgan fingerprint density at radius 2 is 2.00 bits per heavy atom. The van der Waals surface area contributed by atoms with Gasteiger partial charge >= 0.3 is 5.97 Å². The fourth-order valence-corrected chi connectivity index (χ4v) is 1.78. The Bertz CT molecular complexity index is 454. The molecular formula is C13H16N2O3. The van der Waals surface area contributed by atoms with Crippen molar-refractivity contribution in [2.45, 2.75) is 12.5 Å². The molecule has 0 radical (unpaired) electrons. The van der Waals surface area contributed by atoms with E-state index in [2.05, 4.69) is 5.32 Å². The van der Waals surface area contributed by atoms with Crippen LogP contribution in [0.5, 0.6) is 0 Å². The number of benzene rings is 1. The molecule has 0 spiro atoms. The van der Waals surface area contributed by atoms with Crippen LogP contribution in [-0.4, -0.2) is 38.6 Å². The zero-order chi connectivity index (χ0) is 13.1. The standard InChI is InChI=1S/C13H16N2O3/c1-15(2)10-5-3-9(4-6-10)12(16)14-11-7-8-18-13(11)17/h3-6,11H,7-8H2,1-2H3,(H,14,16)/t11-/m1/s1. The molecule has 1 aliphatic heterocycles. The fraction of sp³-hybridized carbons (Fsp3) is 0.385. The van der Waals surface area contributed by atoms with E-state index in [1.165, 1.54) is 0 Å². The zero-order valence-electron chi connectivity index (χ0n) is 10.5. The lowest BCUT2D eigenvalue weighted by molar-refractivity contribution is -0.139. The smallest absolute Gasteiger partial charge is 0.328 e. The molecule has 5 heteroatoms. The number of nitrogens with zero attached hydrogens (tertiary/aromatic N) is 1. The van der Waals surface area contributed by atoms with Crippen molar-refractivity contribution in [2.24, 2.45) is 0 Å². The number of amides is 1. The van der Waals surface area contributed by atoms with E-state index < -0.39 is 6.04 Å². The first kappa shape index (κ1) is 12.4. The van der Waals surface area contributed by atoms with Gasteiger partial charge in [-0.2, -0.15) is 0 Å². The van der Waals surface area contributed by atoms with Crippen LogP contribution in [0.25, 0.3) is 0 Å². The van der Waals surface area contributed by atoms with Gasteiger partial charge in [-0.05, 0) is 24.3 Å². The van der Waals surface area contributed by atoms with Crippen LogP contribution in [0.1, 0.15) is 16.8 Å². The third kappa shape index (κ3) is 2.61. The van der Waals surface area contributed by atoms with Crippen molar-refractivity contribution in [1.82, 2.24) is 5.32 Å². The highest BCUT2D eigenvalue weighted by Gasteiger charge is 2.28. The summed E-state index contributed by atoms with van der Waals surface area (Å²) in [4.78, 5) is 25.1. The SMILES string of the molecule is CN(C)c1ccc(C(=O)N[C@@H]2CCOC2=O)cc1. The van der Waals surface area contributed by atoms with Crippen molar-refractivity contribution in [3.63, 3.8) is 0 Å². The van der Waals surface area contributed by atoms with Gasteiger partial charge in [0.2, 0.25) is 0 Å². The Labute approximate surface area is 106 Å². The summed E-state index contributed by atoms with van der Waals surface area (Å²) in [6, 6.07) is 6.70. The second kappa shape index (κ2) is 5.08. The molecule has 1 saturated heterocycles. The average Bonchev–Trinajstić information content (AvgIpc) is 2.75. The summed E-state index contributed by atoms with van der Waals surface area (Å²) in [5.74, 6) is -0.600. The molecule has 0 unspecified atom stereocenters. The van der Waals surface area contributed by atoms with Gasteiger partial charge in [-0.1, -0.05) is 0 Å². The molecule has 0 bridgehead atoms. The number of esters is 1. The molecular weight excluding hydrogens is 232 g/mol. The van der Waals surface area contributed by atoms with Crippen molar-refractivity contribution in [1.29, 1.82) is 0 Å². The lowest BCUT2D eigenvalue weighted by Crippen LogP contribution is -2.37. The molecule has 1 heterocycles. The van der Waals surface area contributed by atoms with E-state index in [4.69, 9.17) is 4.74 Å². The summed E-state index contributed by atoms with van der Waals surface area (Å²) < 4.78 is 4.79. The van der Waals surface area contributed by atoms with Crippen LogP contribution in [0.15, 0.2) is 24.3 Å². The van der Waals surface area contributed by atoms with Gasteiger partial charge in [-0.25, -0.2) is 4.79 Å². The molecule has 2 rings (SSSR count). The molecule has 1 fully saturated rings. The first-order valence-corrected chi connectivity index (χ1v) is 5.83. The highest BCUT2D eigenvalue weighted by molar-refractivity contribution is 5.97. The predicted octanol–water partition coefficient (Wildman–Crippen LogP) is 0.798. The largest absolute Gasteiger partial charge is 0.464 e. The minimum atomic E-state index is -0.508. The molecule has 1 amide bonds. The van der Waals surface area contributed by atoms with Crippen LogP contribution in [-0.2, 0) is 9.53 Å². The van der Waals surface area contributed by atoms with Gasteiger partial charge in [0.15, 0.2) is 0 Å². The number of anilines is 1. The number of nitrogens with one attached hydrogen (secondary N) is 1. The summed E-state index contributed by atoms with van der Waals surface area (Å²) >= 11 is 0. The minimum Gasteiger partial charge on any atom is -0.464 e. The molecule has 5 nitrogen and oxygen atoms in total. The molecule has 18 heavy (non-hydrogen) atoms. The van der Waals surface area contributed by atoms with E-state index in [0.717, 1.165) is 5.69 Å². The highest BCUT2D eigenvalue weighted by Crippen LogP contribution is 2.13.